The number of nitrogen functional groups attached to an aromatic ring is 1. The predicted octanol–water partition coefficient (Wildman–Crippen LogP) is 5.84. The number of benzene rings is 1. The van der Waals surface area contributed by atoms with Crippen LogP contribution in [-0.2, 0) is 18.9 Å². The van der Waals surface area contributed by atoms with Crippen molar-refractivity contribution in [3.05, 3.63) is 64.0 Å². The van der Waals surface area contributed by atoms with E-state index >= 15 is 4.39 Å². The van der Waals surface area contributed by atoms with Crippen molar-refractivity contribution in [2.45, 2.75) is 58.2 Å². The summed E-state index contributed by atoms with van der Waals surface area (Å²) >= 11 is 0. The van der Waals surface area contributed by atoms with Crippen molar-refractivity contribution in [3.63, 3.8) is 0 Å². The first kappa shape index (κ1) is 32.7. The molecule has 1 unspecified atom stereocenters. The molecule has 238 valence electrons. The SMILES string of the molecule is Cc1c(F)c(N)cc(-c2nc3c(c(NCc4ccc(C(F)(F)F)nc4)c2F)C(=O)NCC(C)NCC[C@H](C)O3)c1C(F)(F)F. The average molecular weight is 633 g/mol. The van der Waals surface area contributed by atoms with E-state index in [-0.39, 0.29) is 18.2 Å². The minimum atomic E-state index is -5.17. The number of fused-ring (bicyclic) bond motifs is 1. The molecule has 1 amide bonds. The monoisotopic (exact) mass is 632 g/mol. The number of hydrogen-bond donors (Lipinski definition) is 4. The van der Waals surface area contributed by atoms with Gasteiger partial charge in [-0.05, 0) is 57.0 Å². The fraction of sp³-hybridized carbons (Fsp3) is 0.393. The van der Waals surface area contributed by atoms with Gasteiger partial charge in [0.05, 0.1) is 23.0 Å². The van der Waals surface area contributed by atoms with Crippen LogP contribution in [0.4, 0.5) is 46.5 Å². The van der Waals surface area contributed by atoms with Crippen molar-refractivity contribution in [2.24, 2.45) is 0 Å². The highest BCUT2D eigenvalue weighted by molar-refractivity contribution is 6.03. The van der Waals surface area contributed by atoms with Gasteiger partial charge in [0.15, 0.2) is 5.82 Å². The third kappa shape index (κ3) is 6.95. The number of aromatic nitrogens is 2. The molecule has 0 saturated heterocycles. The van der Waals surface area contributed by atoms with Crippen LogP contribution >= 0.6 is 0 Å². The molecule has 1 aliphatic rings. The van der Waals surface area contributed by atoms with Gasteiger partial charge in [0.25, 0.3) is 5.91 Å². The largest absolute Gasteiger partial charge is 0.474 e. The number of hydrogen-bond acceptors (Lipinski definition) is 7. The van der Waals surface area contributed by atoms with E-state index in [2.05, 4.69) is 25.9 Å². The minimum Gasteiger partial charge on any atom is -0.474 e. The molecule has 4 rings (SSSR count). The molecule has 0 bridgehead atoms. The molecule has 0 spiro atoms. The molecular weight excluding hydrogens is 604 g/mol. The van der Waals surface area contributed by atoms with Crippen molar-refractivity contribution in [3.8, 4) is 17.1 Å². The molecular formula is C28H28F8N6O2. The molecule has 1 aliphatic heterocycles. The summed E-state index contributed by atoms with van der Waals surface area (Å²) in [5, 5.41) is 8.36. The number of nitrogens with one attached hydrogen (secondary N) is 3. The highest BCUT2D eigenvalue weighted by Gasteiger charge is 2.40. The number of pyridine rings is 2. The van der Waals surface area contributed by atoms with Crippen LogP contribution in [0.1, 0.15) is 53.0 Å². The lowest BCUT2D eigenvalue weighted by Gasteiger charge is -2.23. The van der Waals surface area contributed by atoms with Gasteiger partial charge in [0.1, 0.15) is 22.8 Å². The second-order valence-electron chi connectivity index (χ2n) is 10.3. The van der Waals surface area contributed by atoms with E-state index in [1.807, 2.05) is 0 Å². The summed E-state index contributed by atoms with van der Waals surface area (Å²) < 4.78 is 118. The number of rotatable bonds is 4. The number of nitrogens with two attached hydrogens (primary N) is 1. The minimum absolute atomic E-state index is 0.0736. The summed E-state index contributed by atoms with van der Waals surface area (Å²) in [7, 11) is 0. The van der Waals surface area contributed by atoms with Crippen LogP contribution < -0.4 is 26.4 Å². The quantitative estimate of drug-likeness (QED) is 0.211. The first-order valence-electron chi connectivity index (χ1n) is 13.3. The second kappa shape index (κ2) is 12.4. The Kier molecular flexibility index (Phi) is 9.23. The smallest absolute Gasteiger partial charge is 0.433 e. The Bertz CT molecular complexity index is 1540. The van der Waals surface area contributed by atoms with Gasteiger partial charge in [-0.3, -0.25) is 9.78 Å². The number of nitrogens with zero attached hydrogens (tertiary/aromatic N) is 2. The Morgan fingerprint density at radius 2 is 1.80 bits per heavy atom. The molecule has 0 aliphatic carbocycles. The topological polar surface area (TPSA) is 114 Å². The zero-order chi connectivity index (χ0) is 32.6. The van der Waals surface area contributed by atoms with E-state index in [9.17, 15) is 35.5 Å². The van der Waals surface area contributed by atoms with Gasteiger partial charge in [0, 0.05) is 30.9 Å². The molecule has 2 atom stereocenters. The lowest BCUT2D eigenvalue weighted by molar-refractivity contribution is -0.141. The average Bonchev–Trinajstić information content (AvgIpc) is 2.95. The normalized spacial score (nSPS) is 18.1. The van der Waals surface area contributed by atoms with Crippen LogP contribution in [0.15, 0.2) is 24.4 Å². The third-order valence-electron chi connectivity index (χ3n) is 6.91. The van der Waals surface area contributed by atoms with E-state index in [0.717, 1.165) is 19.2 Å². The fourth-order valence-electron chi connectivity index (χ4n) is 4.63. The molecule has 5 N–H and O–H groups in total. The van der Waals surface area contributed by atoms with E-state index in [4.69, 9.17) is 10.5 Å². The van der Waals surface area contributed by atoms with E-state index in [1.54, 1.807) is 13.8 Å². The van der Waals surface area contributed by atoms with Crippen molar-refractivity contribution in [1.29, 1.82) is 0 Å². The summed E-state index contributed by atoms with van der Waals surface area (Å²) in [6.45, 7) is 4.32. The van der Waals surface area contributed by atoms with Crippen LogP contribution in [0, 0.1) is 18.6 Å². The molecule has 0 radical (unpaired) electrons. The fourth-order valence-corrected chi connectivity index (χ4v) is 4.63. The Balaban J connectivity index is 1.95. The summed E-state index contributed by atoms with van der Waals surface area (Å²) in [4.78, 5) is 20.8. The van der Waals surface area contributed by atoms with Gasteiger partial charge in [-0.2, -0.15) is 26.3 Å². The molecule has 2 aromatic heterocycles. The molecule has 0 saturated carbocycles. The van der Waals surface area contributed by atoms with Crippen LogP contribution in [0.25, 0.3) is 11.3 Å². The predicted molar refractivity (Wildman–Crippen MR) is 145 cm³/mol. The Labute approximate surface area is 246 Å². The van der Waals surface area contributed by atoms with Crippen LogP contribution in [0.5, 0.6) is 5.88 Å². The van der Waals surface area contributed by atoms with E-state index < -0.39 is 93.4 Å². The Hall–Kier alpha value is -4.21. The number of amides is 1. The first-order chi connectivity index (χ1) is 20.5. The highest BCUT2D eigenvalue weighted by atomic mass is 19.4. The van der Waals surface area contributed by atoms with Gasteiger partial charge in [-0.15, -0.1) is 0 Å². The molecule has 16 heteroatoms. The van der Waals surface area contributed by atoms with Gasteiger partial charge in [-0.1, -0.05) is 6.07 Å². The van der Waals surface area contributed by atoms with Gasteiger partial charge in [-0.25, -0.2) is 13.8 Å². The van der Waals surface area contributed by atoms with E-state index in [0.29, 0.717) is 25.1 Å². The standard InChI is InChI=1S/C28H28F8N6O2/c1-12-9-41-25(43)19-24(40-11-15-4-5-18(39-10-15)27(31,32)33)22(30)23(42-26(19)44-13(2)6-7-38-12)16-8-17(37)21(29)14(3)20(16)28(34,35)36/h4-5,8,10,12-13,38H,6-7,9,11,37H2,1-3H3,(H,40,42)(H,41,43)/t12?,13-/m0/s1. The zero-order valence-corrected chi connectivity index (χ0v) is 23.6. The van der Waals surface area contributed by atoms with Gasteiger partial charge in [0.2, 0.25) is 5.88 Å². The molecule has 1 aromatic carbocycles. The van der Waals surface area contributed by atoms with Crippen molar-refractivity contribution >= 4 is 17.3 Å². The van der Waals surface area contributed by atoms with Crippen LogP contribution in [-0.4, -0.2) is 41.1 Å². The number of halogens is 8. The van der Waals surface area contributed by atoms with Crippen LogP contribution in [0.2, 0.25) is 0 Å². The lowest BCUT2D eigenvalue weighted by atomic mass is 9.95. The molecule has 44 heavy (non-hydrogen) atoms. The van der Waals surface area contributed by atoms with Crippen molar-refractivity contribution in [2.75, 3.05) is 24.1 Å². The molecule has 0 fully saturated rings. The Morgan fingerprint density at radius 1 is 1.09 bits per heavy atom. The summed E-state index contributed by atoms with van der Waals surface area (Å²) in [6, 6.07) is 2.12. The number of anilines is 2. The molecule has 3 heterocycles. The third-order valence-corrected chi connectivity index (χ3v) is 6.91. The van der Waals surface area contributed by atoms with Crippen LogP contribution in [0.3, 0.4) is 0 Å². The van der Waals surface area contributed by atoms with Gasteiger partial charge < -0.3 is 26.4 Å². The lowest BCUT2D eigenvalue weighted by Crippen LogP contribution is -2.39. The maximum atomic E-state index is 16.4. The summed E-state index contributed by atoms with van der Waals surface area (Å²) in [5.41, 5.74) is -1.57. The number of carbonyl (C=O) groups is 1. The molecule has 3 aromatic rings. The van der Waals surface area contributed by atoms with Crippen molar-refractivity contribution in [1.82, 2.24) is 20.6 Å². The zero-order valence-electron chi connectivity index (χ0n) is 23.6. The second-order valence-corrected chi connectivity index (χ2v) is 10.3. The molecule has 8 nitrogen and oxygen atoms in total. The number of carbonyl (C=O) groups excluding carboxylic acids is 1. The maximum Gasteiger partial charge on any atom is 0.433 e. The Morgan fingerprint density at radius 3 is 2.41 bits per heavy atom. The number of ether oxygens (including phenoxy) is 1. The van der Waals surface area contributed by atoms with Gasteiger partial charge >= 0.3 is 12.4 Å². The first-order valence-corrected chi connectivity index (χ1v) is 13.3. The maximum absolute atomic E-state index is 16.4. The number of alkyl halides is 6. The summed E-state index contributed by atoms with van der Waals surface area (Å²) in [6.07, 6.45) is -9.32. The summed E-state index contributed by atoms with van der Waals surface area (Å²) in [5.74, 6) is -4.20. The van der Waals surface area contributed by atoms with E-state index in [1.165, 1.54) is 0 Å². The van der Waals surface area contributed by atoms with Crippen molar-refractivity contribution < 1.29 is 44.7 Å². The highest BCUT2D eigenvalue weighted by Crippen LogP contribution is 2.44.